The number of carbonyl (C=O) groups excluding carboxylic acids is 2. The van der Waals surface area contributed by atoms with Gasteiger partial charge in [0.05, 0.1) is 11.9 Å². The van der Waals surface area contributed by atoms with Crippen molar-refractivity contribution in [1.82, 2.24) is 10.2 Å². The van der Waals surface area contributed by atoms with Gasteiger partial charge in [-0.25, -0.2) is 8.42 Å². The van der Waals surface area contributed by atoms with Gasteiger partial charge in [0, 0.05) is 33.5 Å². The second-order valence-corrected chi connectivity index (χ2v) is 14.2. The third kappa shape index (κ3) is 8.96. The van der Waals surface area contributed by atoms with Gasteiger partial charge in [-0.3, -0.25) is 13.9 Å². The van der Waals surface area contributed by atoms with Gasteiger partial charge in [0.15, 0.2) is 0 Å². The van der Waals surface area contributed by atoms with Crippen molar-refractivity contribution in [3.05, 3.63) is 98.4 Å². The van der Waals surface area contributed by atoms with Crippen molar-refractivity contribution < 1.29 is 18.0 Å². The Bertz CT molecular complexity index is 1480. The Morgan fingerprint density at radius 3 is 2.26 bits per heavy atom. The molecule has 7 nitrogen and oxygen atoms in total. The quantitative estimate of drug-likeness (QED) is 0.245. The molecule has 0 radical (unpaired) electrons. The Morgan fingerprint density at radius 2 is 1.64 bits per heavy atom. The summed E-state index contributed by atoms with van der Waals surface area (Å²) in [5.41, 5.74) is 1.80. The van der Waals surface area contributed by atoms with E-state index in [9.17, 15) is 18.0 Å². The van der Waals surface area contributed by atoms with Gasteiger partial charge in [0.25, 0.3) is 0 Å². The SMILES string of the molecule is CS(=O)(=O)N(CC(=O)N(Cc1ccc(Cl)cc1Cl)[C@H](Cc1ccccc1)C(=O)NC1CCCCC1)c1ccc(Br)cc1. The lowest BCUT2D eigenvalue weighted by atomic mass is 9.94. The molecule has 3 aromatic carbocycles. The first-order chi connectivity index (χ1) is 20.0. The topological polar surface area (TPSA) is 86.8 Å². The summed E-state index contributed by atoms with van der Waals surface area (Å²) in [6.45, 7) is -0.504. The minimum Gasteiger partial charge on any atom is -0.352 e. The Morgan fingerprint density at radius 1 is 0.976 bits per heavy atom. The maximum atomic E-state index is 14.2. The van der Waals surface area contributed by atoms with Crippen LogP contribution < -0.4 is 9.62 Å². The molecule has 0 aliphatic heterocycles. The number of nitrogens with one attached hydrogen (secondary N) is 1. The molecule has 2 amide bonds. The van der Waals surface area contributed by atoms with Crippen molar-refractivity contribution in [2.75, 3.05) is 17.1 Å². The van der Waals surface area contributed by atoms with E-state index >= 15 is 0 Å². The first-order valence-corrected chi connectivity index (χ1v) is 17.2. The van der Waals surface area contributed by atoms with Gasteiger partial charge in [-0.05, 0) is 60.4 Å². The third-order valence-corrected chi connectivity index (χ3v) is 9.63. The Balaban J connectivity index is 1.74. The summed E-state index contributed by atoms with van der Waals surface area (Å²) in [7, 11) is -3.85. The zero-order chi connectivity index (χ0) is 30.3. The molecular formula is C31H34BrCl2N3O4S. The second kappa shape index (κ2) is 14.7. The van der Waals surface area contributed by atoms with Crippen LogP contribution in [-0.2, 0) is 32.6 Å². The number of sulfonamides is 1. The van der Waals surface area contributed by atoms with Crippen LogP contribution in [0.15, 0.2) is 77.3 Å². The molecule has 1 fully saturated rings. The number of carbonyl (C=O) groups is 2. The molecule has 0 heterocycles. The maximum absolute atomic E-state index is 14.2. The molecule has 0 bridgehead atoms. The number of hydrogen-bond acceptors (Lipinski definition) is 4. The van der Waals surface area contributed by atoms with Crippen molar-refractivity contribution in [2.45, 2.75) is 57.2 Å². The summed E-state index contributed by atoms with van der Waals surface area (Å²) in [4.78, 5) is 29.6. The Labute approximate surface area is 266 Å². The van der Waals surface area contributed by atoms with Crippen LogP contribution in [-0.4, -0.2) is 50.0 Å². The van der Waals surface area contributed by atoms with E-state index in [1.165, 1.54) is 4.90 Å². The minimum atomic E-state index is -3.85. The lowest BCUT2D eigenvalue weighted by Crippen LogP contribution is -2.55. The number of amides is 2. The van der Waals surface area contributed by atoms with E-state index in [1.807, 2.05) is 30.3 Å². The molecule has 0 spiro atoms. The lowest BCUT2D eigenvalue weighted by molar-refractivity contribution is -0.140. The van der Waals surface area contributed by atoms with Crippen molar-refractivity contribution >= 4 is 66.7 Å². The summed E-state index contributed by atoms with van der Waals surface area (Å²) in [5, 5.41) is 3.97. The van der Waals surface area contributed by atoms with Crippen LogP contribution >= 0.6 is 39.1 Å². The molecule has 1 saturated carbocycles. The van der Waals surface area contributed by atoms with Gasteiger partial charge in [0.2, 0.25) is 21.8 Å². The average Bonchev–Trinajstić information content (AvgIpc) is 2.95. The molecule has 1 atom stereocenters. The van der Waals surface area contributed by atoms with Gasteiger partial charge < -0.3 is 10.2 Å². The summed E-state index contributed by atoms with van der Waals surface area (Å²) in [6.07, 6.45) is 6.27. The van der Waals surface area contributed by atoms with E-state index < -0.39 is 28.5 Å². The number of rotatable bonds is 11. The fraction of sp³-hybridized carbons (Fsp3) is 0.355. The van der Waals surface area contributed by atoms with Gasteiger partial charge >= 0.3 is 0 Å². The number of halogens is 3. The standard InChI is InChI=1S/C31H34BrCl2N3O4S/c1-42(40,41)37(27-16-13-24(32)14-17-27)21-30(38)36(20-23-12-15-25(33)19-28(23)34)29(18-22-8-4-2-5-9-22)31(39)35-26-10-6-3-7-11-26/h2,4-5,8-9,12-17,19,26,29H,3,6-7,10-11,18,20-21H2,1H3,(H,35,39)/t29-/m1/s1. The van der Waals surface area contributed by atoms with Crippen molar-refractivity contribution in [2.24, 2.45) is 0 Å². The number of nitrogens with zero attached hydrogens (tertiary/aromatic N) is 2. The molecular weight excluding hydrogens is 661 g/mol. The highest BCUT2D eigenvalue weighted by atomic mass is 79.9. The molecule has 42 heavy (non-hydrogen) atoms. The molecule has 1 N–H and O–H groups in total. The predicted octanol–water partition coefficient (Wildman–Crippen LogP) is 6.61. The normalized spacial score (nSPS) is 14.7. The molecule has 4 rings (SSSR count). The zero-order valence-electron chi connectivity index (χ0n) is 23.3. The second-order valence-electron chi connectivity index (χ2n) is 10.6. The van der Waals surface area contributed by atoms with Crippen LogP contribution in [0.25, 0.3) is 0 Å². The fourth-order valence-corrected chi connectivity index (χ4v) is 6.73. The first kappa shape index (κ1) is 32.3. The van der Waals surface area contributed by atoms with E-state index in [0.29, 0.717) is 21.3 Å². The van der Waals surface area contributed by atoms with Gasteiger partial charge in [-0.2, -0.15) is 0 Å². The smallest absolute Gasteiger partial charge is 0.244 e. The monoisotopic (exact) mass is 693 g/mol. The largest absolute Gasteiger partial charge is 0.352 e. The maximum Gasteiger partial charge on any atom is 0.244 e. The summed E-state index contributed by atoms with van der Waals surface area (Å²) in [5.74, 6) is -0.812. The Hall–Kier alpha value is -2.59. The summed E-state index contributed by atoms with van der Waals surface area (Å²) >= 11 is 16.0. The summed E-state index contributed by atoms with van der Waals surface area (Å²) in [6, 6.07) is 20.2. The molecule has 3 aromatic rings. The summed E-state index contributed by atoms with van der Waals surface area (Å²) < 4.78 is 27.6. The highest BCUT2D eigenvalue weighted by molar-refractivity contribution is 9.10. The molecule has 11 heteroatoms. The van der Waals surface area contributed by atoms with Crippen LogP contribution in [0.3, 0.4) is 0 Å². The van der Waals surface area contributed by atoms with Gasteiger partial charge in [0.1, 0.15) is 12.6 Å². The van der Waals surface area contributed by atoms with Crippen molar-refractivity contribution in [1.29, 1.82) is 0 Å². The van der Waals surface area contributed by atoms with E-state index in [2.05, 4.69) is 21.2 Å². The third-order valence-electron chi connectivity index (χ3n) is 7.37. The molecule has 0 unspecified atom stereocenters. The van der Waals surface area contributed by atoms with E-state index in [1.54, 1.807) is 42.5 Å². The highest BCUT2D eigenvalue weighted by Crippen LogP contribution is 2.26. The van der Waals surface area contributed by atoms with Crippen molar-refractivity contribution in [3.8, 4) is 0 Å². The highest BCUT2D eigenvalue weighted by Gasteiger charge is 2.34. The minimum absolute atomic E-state index is 0.0115. The fourth-order valence-electron chi connectivity index (χ4n) is 5.15. The van der Waals surface area contributed by atoms with Crippen LogP contribution in [0, 0.1) is 0 Å². The van der Waals surface area contributed by atoms with Crippen LogP contribution in [0.1, 0.15) is 43.2 Å². The number of hydrogen-bond donors (Lipinski definition) is 1. The Kier molecular flexibility index (Phi) is 11.3. The molecule has 0 saturated heterocycles. The lowest BCUT2D eigenvalue weighted by Gasteiger charge is -2.35. The van der Waals surface area contributed by atoms with Crippen molar-refractivity contribution in [3.63, 3.8) is 0 Å². The van der Waals surface area contributed by atoms with E-state index in [-0.39, 0.29) is 24.9 Å². The molecule has 1 aliphatic rings. The van der Waals surface area contributed by atoms with Crippen LogP contribution in [0.5, 0.6) is 0 Å². The van der Waals surface area contributed by atoms with E-state index in [0.717, 1.165) is 52.7 Å². The zero-order valence-corrected chi connectivity index (χ0v) is 27.2. The van der Waals surface area contributed by atoms with E-state index in [4.69, 9.17) is 23.2 Å². The molecule has 1 aliphatic carbocycles. The predicted molar refractivity (Wildman–Crippen MR) is 172 cm³/mol. The number of benzene rings is 3. The number of anilines is 1. The molecule has 0 aromatic heterocycles. The molecule has 224 valence electrons. The van der Waals surface area contributed by atoms with Gasteiger partial charge in [-0.15, -0.1) is 0 Å². The van der Waals surface area contributed by atoms with Crippen LogP contribution in [0.4, 0.5) is 5.69 Å². The van der Waals surface area contributed by atoms with Gasteiger partial charge in [-0.1, -0.05) is 94.8 Å². The average molecular weight is 696 g/mol. The first-order valence-electron chi connectivity index (χ1n) is 13.8. The van der Waals surface area contributed by atoms with Crippen LogP contribution in [0.2, 0.25) is 10.0 Å².